The SMILES string of the molecule is C=[O+]C1(N=C([O])[O-])N=c2c#cc#cc2=N1. The average molecular weight is 200 g/mol. The molecule has 1 aliphatic rings. The van der Waals surface area contributed by atoms with Crippen LogP contribution < -0.4 is 15.8 Å². The molecule has 6 heteroatoms. The van der Waals surface area contributed by atoms with Gasteiger partial charge in [0, 0.05) is 0 Å². The molecule has 1 heterocycles. The lowest BCUT2D eigenvalue weighted by Gasteiger charge is -2.00. The molecule has 0 unspecified atom stereocenters. The highest BCUT2D eigenvalue weighted by Gasteiger charge is 2.42. The van der Waals surface area contributed by atoms with Crippen molar-refractivity contribution in [3.05, 3.63) is 35.0 Å². The summed E-state index contributed by atoms with van der Waals surface area (Å²) in [7, 11) is 0. The van der Waals surface area contributed by atoms with Gasteiger partial charge in [-0.3, -0.25) is 0 Å². The first-order valence-corrected chi connectivity index (χ1v) is 3.74. The van der Waals surface area contributed by atoms with E-state index in [1.165, 1.54) is 0 Å². The average Bonchev–Trinajstić information content (AvgIpc) is 2.55. The van der Waals surface area contributed by atoms with Gasteiger partial charge in [-0.25, -0.2) is 0 Å². The predicted molar refractivity (Wildman–Crippen MR) is 42.1 cm³/mol. The highest BCUT2D eigenvalue weighted by Crippen LogP contribution is 2.12. The summed E-state index contributed by atoms with van der Waals surface area (Å²) >= 11 is 0. The molecular weight excluding hydrogens is 198 g/mol. The summed E-state index contributed by atoms with van der Waals surface area (Å²) in [6, 6.07) is 10.1. The fourth-order valence-electron chi connectivity index (χ4n) is 1.04. The number of hydrogen-bond acceptors (Lipinski definition) is 4. The minimum absolute atomic E-state index is 0.238. The Labute approximate surface area is 84.3 Å². The van der Waals surface area contributed by atoms with Crippen molar-refractivity contribution in [1.82, 2.24) is 0 Å². The Morgan fingerprint density at radius 3 is 2.33 bits per heavy atom. The van der Waals surface area contributed by atoms with E-state index >= 15 is 0 Å². The molecule has 71 valence electrons. The lowest BCUT2D eigenvalue weighted by molar-refractivity contribution is -0.541. The molecule has 0 atom stereocenters. The number of fused-ring (bicyclic) bond motifs is 1. The third kappa shape index (κ3) is 1.45. The van der Waals surface area contributed by atoms with Crippen LogP contribution in [0.25, 0.3) is 0 Å². The van der Waals surface area contributed by atoms with E-state index in [4.69, 9.17) is 0 Å². The monoisotopic (exact) mass is 200 g/mol. The second kappa shape index (κ2) is 2.96. The molecule has 6 nitrogen and oxygen atoms in total. The predicted octanol–water partition coefficient (Wildman–Crippen LogP) is -2.74. The molecule has 1 aliphatic heterocycles. The first kappa shape index (κ1) is 8.97. The van der Waals surface area contributed by atoms with Gasteiger partial charge < -0.3 is 10.2 Å². The molecule has 0 amide bonds. The summed E-state index contributed by atoms with van der Waals surface area (Å²) in [6.07, 6.45) is -1.70. The van der Waals surface area contributed by atoms with E-state index < -0.39 is 12.1 Å². The highest BCUT2D eigenvalue weighted by atomic mass is 16.5. The summed E-state index contributed by atoms with van der Waals surface area (Å²) in [5, 5.41) is 21.1. The van der Waals surface area contributed by atoms with E-state index in [-0.39, 0.29) is 10.7 Å². The van der Waals surface area contributed by atoms with Crippen LogP contribution >= 0.6 is 0 Å². The van der Waals surface area contributed by atoms with Gasteiger partial charge in [-0.2, -0.15) is 4.42 Å². The van der Waals surface area contributed by atoms with E-state index in [2.05, 4.69) is 50.5 Å². The van der Waals surface area contributed by atoms with Crippen LogP contribution in [0.2, 0.25) is 0 Å². The summed E-state index contributed by atoms with van der Waals surface area (Å²) in [6.45, 7) is 3.06. The van der Waals surface area contributed by atoms with E-state index in [0.29, 0.717) is 0 Å². The Bertz CT molecular complexity index is 511. The lowest BCUT2D eigenvalue weighted by atomic mass is 10.5. The van der Waals surface area contributed by atoms with E-state index in [0.717, 1.165) is 0 Å². The quantitative estimate of drug-likeness (QED) is 0.289. The van der Waals surface area contributed by atoms with E-state index in [9.17, 15) is 10.2 Å². The van der Waals surface area contributed by atoms with Gasteiger partial charge in [0.05, 0.1) is 0 Å². The molecule has 15 heavy (non-hydrogen) atoms. The number of hydrogen-bond donors (Lipinski definition) is 0. The summed E-state index contributed by atoms with van der Waals surface area (Å²) in [5.74, 6) is -1.93. The third-order valence-electron chi connectivity index (χ3n) is 1.59. The van der Waals surface area contributed by atoms with Gasteiger partial charge in [0.2, 0.25) is 0 Å². The van der Waals surface area contributed by atoms with Gasteiger partial charge in [-0.05, 0) is 24.3 Å². The lowest BCUT2D eigenvalue weighted by Crippen LogP contribution is -2.27. The Kier molecular flexibility index (Phi) is 1.77. The largest absolute Gasteiger partial charge is 0.593 e. The van der Waals surface area contributed by atoms with Crippen molar-refractivity contribution < 1.29 is 14.6 Å². The molecule has 0 aliphatic carbocycles. The minimum atomic E-state index is -1.93. The highest BCUT2D eigenvalue weighted by molar-refractivity contribution is 5.58. The van der Waals surface area contributed by atoms with Gasteiger partial charge in [0.25, 0.3) is 6.79 Å². The van der Waals surface area contributed by atoms with Crippen LogP contribution in [0.5, 0.6) is 0 Å². The zero-order valence-electron chi connectivity index (χ0n) is 7.27. The molecular formula is C9H2N3O3. The Balaban J connectivity index is 2.65. The molecule has 0 spiro atoms. The Hall–Kier alpha value is -2.60. The zero-order chi connectivity index (χ0) is 10.9. The maximum absolute atomic E-state index is 10.3. The molecule has 0 saturated carbocycles. The van der Waals surface area contributed by atoms with Crippen molar-refractivity contribution in [1.29, 1.82) is 0 Å². The van der Waals surface area contributed by atoms with E-state index in [1.54, 1.807) is 0 Å². The van der Waals surface area contributed by atoms with Crippen LogP contribution in [-0.2, 0) is 9.53 Å². The molecule has 1 aromatic rings. The zero-order valence-corrected chi connectivity index (χ0v) is 7.27. The molecule has 1 aromatic carbocycles. The van der Waals surface area contributed by atoms with E-state index in [1.807, 2.05) is 0 Å². The smallest absolute Gasteiger partial charge is 0.528 e. The van der Waals surface area contributed by atoms with Gasteiger partial charge in [0.15, 0.2) is 16.8 Å². The van der Waals surface area contributed by atoms with Crippen molar-refractivity contribution in [2.24, 2.45) is 15.0 Å². The van der Waals surface area contributed by atoms with Crippen LogP contribution in [0.3, 0.4) is 0 Å². The maximum Gasteiger partial charge on any atom is 0.593 e. The van der Waals surface area contributed by atoms with Gasteiger partial charge >= 0.3 is 5.97 Å². The van der Waals surface area contributed by atoms with Crippen molar-refractivity contribution in [2.45, 2.75) is 5.97 Å². The van der Waals surface area contributed by atoms with Crippen molar-refractivity contribution >= 4 is 12.9 Å². The molecule has 0 fully saturated rings. The van der Waals surface area contributed by atoms with Crippen LogP contribution in [0.4, 0.5) is 0 Å². The van der Waals surface area contributed by atoms with Crippen LogP contribution in [-0.4, -0.2) is 18.8 Å². The fourth-order valence-corrected chi connectivity index (χ4v) is 1.04. The number of rotatable bonds is 2. The number of carbonyl (C=O) groups excluding carboxylic acids is 1. The number of aliphatic imine (C=N–C) groups is 1. The molecule has 0 aromatic heterocycles. The van der Waals surface area contributed by atoms with Crippen LogP contribution in [0.1, 0.15) is 0 Å². The van der Waals surface area contributed by atoms with Crippen molar-refractivity contribution in [3.63, 3.8) is 0 Å². The molecule has 1 radical (unpaired) electrons. The first-order valence-electron chi connectivity index (χ1n) is 3.74. The van der Waals surface area contributed by atoms with Gasteiger partial charge in [0.1, 0.15) is 0 Å². The van der Waals surface area contributed by atoms with Gasteiger partial charge in [-0.1, -0.05) is 0 Å². The molecule has 0 bridgehead atoms. The normalized spacial score (nSPS) is 14.7. The second-order valence-corrected chi connectivity index (χ2v) is 2.52. The van der Waals surface area contributed by atoms with Crippen LogP contribution in [0.15, 0.2) is 15.0 Å². The molecule has 0 saturated heterocycles. The summed E-state index contributed by atoms with van der Waals surface area (Å²) in [4.78, 5) is 10.6. The second-order valence-electron chi connectivity index (χ2n) is 2.52. The standard InChI is InChI=1S/C9H2N3O3/c1-15-9(12-8(13)14)10-6-4-2-3-5-7(6)11-9/h1H2. The Morgan fingerprint density at radius 1 is 1.40 bits per heavy atom. The summed E-state index contributed by atoms with van der Waals surface area (Å²) < 4.78 is 4.55. The third-order valence-corrected chi connectivity index (χ3v) is 1.59. The molecule has 2 rings (SSSR count). The first-order chi connectivity index (χ1) is 7.15. The number of nitrogens with zero attached hydrogens (tertiary/aromatic N) is 3. The summed E-state index contributed by atoms with van der Waals surface area (Å²) in [5.41, 5.74) is 0. The fraction of sp³-hybridized carbons (Fsp3) is 0.111. The Morgan fingerprint density at radius 2 is 1.93 bits per heavy atom. The molecule has 0 N–H and O–H groups in total. The van der Waals surface area contributed by atoms with Crippen molar-refractivity contribution in [3.8, 4) is 0 Å². The van der Waals surface area contributed by atoms with Gasteiger partial charge in [-0.15, -0.1) is 15.0 Å². The minimum Gasteiger partial charge on any atom is -0.528 e. The van der Waals surface area contributed by atoms with Crippen molar-refractivity contribution in [2.75, 3.05) is 0 Å². The van der Waals surface area contributed by atoms with Crippen LogP contribution in [0, 0.1) is 24.3 Å². The topological polar surface area (TPSA) is 91.3 Å². The maximum atomic E-state index is 10.3.